The summed E-state index contributed by atoms with van der Waals surface area (Å²) in [5.74, 6) is 11.6. The molecule has 4 nitrogen and oxygen atoms in total. The zero-order valence-corrected chi connectivity index (χ0v) is 20.9. The van der Waals surface area contributed by atoms with E-state index in [9.17, 15) is 15.3 Å². The van der Waals surface area contributed by atoms with Crippen LogP contribution in [0.2, 0.25) is 5.82 Å². The number of ether oxygens (including phenoxy) is 1. The van der Waals surface area contributed by atoms with E-state index in [1.54, 1.807) is 13.8 Å². The van der Waals surface area contributed by atoms with Gasteiger partial charge in [0, 0.05) is 12.8 Å². The molecule has 3 unspecified atom stereocenters. The topological polar surface area (TPSA) is 69.9 Å². The smallest absolute Gasteiger partial charge is 0.132 e. The Morgan fingerprint density at radius 1 is 1.27 bits per heavy atom. The molecule has 1 heterocycles. The van der Waals surface area contributed by atoms with Crippen molar-refractivity contribution in [2.45, 2.75) is 103 Å². The van der Waals surface area contributed by atoms with E-state index in [0.717, 1.165) is 36.0 Å². The highest BCUT2D eigenvalue weighted by Crippen LogP contribution is 2.52. The number of unbranched alkanes of at least 4 members (excludes halogenated alkanes) is 2. The molecule has 1 aliphatic carbocycles. The third kappa shape index (κ3) is 6.83. The van der Waals surface area contributed by atoms with Crippen LogP contribution < -0.4 is 4.74 Å². The Labute approximate surface area is 202 Å². The van der Waals surface area contributed by atoms with Gasteiger partial charge in [0.15, 0.2) is 0 Å². The lowest BCUT2D eigenvalue weighted by Crippen LogP contribution is -2.47. The fourth-order valence-corrected chi connectivity index (χ4v) is 4.28. The van der Waals surface area contributed by atoms with Gasteiger partial charge in [-0.2, -0.15) is 0 Å². The number of hydrogen-bond donors (Lipinski definition) is 3. The number of aryl methyl sites for hydroxylation is 1. The summed E-state index contributed by atoms with van der Waals surface area (Å²) in [5, 5.41) is 31.5. The third-order valence-electron chi connectivity index (χ3n) is 6.11. The van der Waals surface area contributed by atoms with Crippen molar-refractivity contribution >= 4 is 13.4 Å². The highest BCUT2D eigenvalue weighted by Gasteiger charge is 2.46. The van der Waals surface area contributed by atoms with Gasteiger partial charge in [-0.25, -0.2) is 0 Å². The minimum atomic E-state index is -1.20. The molecule has 0 saturated heterocycles. The highest BCUT2D eigenvalue weighted by atomic mass is 16.5. The first-order valence-electron chi connectivity index (χ1n) is 12.4. The Morgan fingerprint density at radius 2 is 2.00 bits per heavy atom. The zero-order valence-electron chi connectivity index (χ0n) is 21.9. The fourth-order valence-electron chi connectivity index (χ4n) is 4.28. The van der Waals surface area contributed by atoms with Crippen LogP contribution in [0.4, 0.5) is 0 Å². The van der Waals surface area contributed by atoms with Gasteiger partial charge in [-0.3, -0.25) is 0 Å². The summed E-state index contributed by atoms with van der Waals surface area (Å²) in [4.78, 5) is 0. The van der Waals surface area contributed by atoms with Crippen molar-refractivity contribution in [3.05, 3.63) is 28.8 Å². The van der Waals surface area contributed by atoms with Gasteiger partial charge >= 0.3 is 0 Å². The highest BCUT2D eigenvalue weighted by molar-refractivity contribution is 6.13. The maximum Gasteiger partial charge on any atom is 0.132 e. The molecule has 0 aromatic heterocycles. The number of aromatic hydroxyl groups is 1. The van der Waals surface area contributed by atoms with Crippen LogP contribution in [0.5, 0.6) is 11.5 Å². The molecule has 2 aliphatic rings. The quantitative estimate of drug-likeness (QED) is 0.346. The van der Waals surface area contributed by atoms with Crippen molar-refractivity contribution < 1.29 is 20.1 Å². The minimum absolute atomic E-state index is 0.0332. The summed E-state index contributed by atoms with van der Waals surface area (Å²) >= 11 is 0. The van der Waals surface area contributed by atoms with Gasteiger partial charge in [-0.05, 0) is 88.4 Å². The molecule has 1 aliphatic heterocycles. The first-order chi connectivity index (χ1) is 16.0. The van der Waals surface area contributed by atoms with Gasteiger partial charge in [0.25, 0.3) is 0 Å². The van der Waals surface area contributed by atoms with E-state index in [1.165, 1.54) is 14.2 Å². The third-order valence-corrected chi connectivity index (χ3v) is 6.11. The summed E-state index contributed by atoms with van der Waals surface area (Å²) in [6.07, 6.45) is 4.17. The van der Waals surface area contributed by atoms with Crippen LogP contribution in [0.3, 0.4) is 0 Å². The maximum absolute atomic E-state index is 10.7. The fraction of sp³-hybridized carbons (Fsp3) is 0.571. The van der Waals surface area contributed by atoms with E-state index >= 15 is 0 Å². The summed E-state index contributed by atoms with van der Waals surface area (Å²) in [6.45, 7) is 11.4. The molecular weight excluding hydrogens is 411 g/mol. The number of fused-ring (bicyclic) bond motifs is 2. The molecule has 0 bridgehead atoms. The lowest BCUT2D eigenvalue weighted by molar-refractivity contribution is -0.0661. The van der Waals surface area contributed by atoms with Crippen molar-refractivity contribution in [3.8, 4) is 35.2 Å². The summed E-state index contributed by atoms with van der Waals surface area (Å²) < 4.78 is 13.0. The minimum Gasteiger partial charge on any atom is -0.507 e. The predicted molar refractivity (Wildman–Crippen MR) is 137 cm³/mol. The van der Waals surface area contributed by atoms with Crippen LogP contribution in [0.1, 0.15) is 84.8 Å². The molecule has 5 heteroatoms. The van der Waals surface area contributed by atoms with E-state index in [0.29, 0.717) is 24.2 Å². The summed E-state index contributed by atoms with van der Waals surface area (Å²) in [5.41, 5.74) is 1.88. The number of hydrogen-bond acceptors (Lipinski definition) is 4. The standard InChI is InChI=1S/C21H30O4.C7H8B/c1-5-6-7-8-13-9-16(22)19-14-12-21(4,24)18(23)11-15(14)20(2,3)25-17(19)10-13;1-3-4-5-6-7(2)8/h9-10,18,22-24H,5-8,11-12H2,1-4H3;7-8H,1-2H3/i;8T. The molecule has 3 rings (SSSR count). The average Bonchev–Trinajstić information content (AvgIpc) is 2.75. The lowest BCUT2D eigenvalue weighted by Gasteiger charge is -2.45. The Bertz CT molecular complexity index is 1020. The van der Waals surface area contributed by atoms with Crippen molar-refractivity contribution in [3.63, 3.8) is 0 Å². The number of phenolic OH excluding ortho intramolecular Hbond substituents is 1. The second-order valence-corrected chi connectivity index (χ2v) is 9.70. The number of rotatable bonds is 5. The molecule has 1 radical (unpaired) electrons. The molecule has 0 fully saturated rings. The van der Waals surface area contributed by atoms with E-state index in [-0.39, 0.29) is 11.6 Å². The van der Waals surface area contributed by atoms with Crippen LogP contribution in [-0.4, -0.2) is 41.8 Å². The predicted octanol–water partition coefficient (Wildman–Crippen LogP) is 4.68. The van der Waals surface area contributed by atoms with Gasteiger partial charge in [0.05, 0.1) is 17.3 Å². The van der Waals surface area contributed by atoms with E-state index < -0.39 is 17.3 Å². The Hall–Kier alpha value is -2.34. The van der Waals surface area contributed by atoms with Gasteiger partial charge in [0.2, 0.25) is 0 Å². The van der Waals surface area contributed by atoms with Gasteiger partial charge < -0.3 is 20.1 Å². The summed E-state index contributed by atoms with van der Waals surface area (Å²) in [6, 6.07) is 3.84. The number of aliphatic hydroxyl groups excluding tert-OH is 1. The van der Waals surface area contributed by atoms with Crippen molar-refractivity contribution in [2.75, 3.05) is 0 Å². The van der Waals surface area contributed by atoms with Crippen LogP contribution in [0, 0.1) is 23.7 Å². The van der Waals surface area contributed by atoms with E-state index in [4.69, 9.17) is 6.07 Å². The Kier molecular flexibility index (Phi) is 8.58. The normalized spacial score (nSPS) is 23.5. The van der Waals surface area contributed by atoms with Gasteiger partial charge in [0.1, 0.15) is 24.9 Å². The largest absolute Gasteiger partial charge is 0.507 e. The lowest BCUT2D eigenvalue weighted by atomic mass is 9.71. The van der Waals surface area contributed by atoms with Crippen molar-refractivity contribution in [1.82, 2.24) is 0 Å². The van der Waals surface area contributed by atoms with Gasteiger partial charge in [-0.1, -0.05) is 38.5 Å². The summed E-state index contributed by atoms with van der Waals surface area (Å²) in [7, 11) is 1.30. The van der Waals surface area contributed by atoms with Crippen LogP contribution >= 0.6 is 0 Å². The maximum atomic E-state index is 10.7. The Morgan fingerprint density at radius 3 is 2.64 bits per heavy atom. The monoisotopic (exact) mass is 451 g/mol. The first-order valence-corrected chi connectivity index (χ1v) is 11.8. The number of phenols is 1. The molecule has 33 heavy (non-hydrogen) atoms. The molecule has 177 valence electrons. The van der Waals surface area contributed by atoms with E-state index in [2.05, 4.69) is 30.6 Å². The molecule has 1 aromatic carbocycles. The molecular formula is C28H38BO4. The second-order valence-electron chi connectivity index (χ2n) is 9.70. The molecule has 0 saturated carbocycles. The zero-order chi connectivity index (χ0) is 25.5. The van der Waals surface area contributed by atoms with Crippen LogP contribution in [0.15, 0.2) is 17.7 Å². The van der Waals surface area contributed by atoms with Crippen LogP contribution in [-0.2, 0) is 6.42 Å². The number of benzene rings is 1. The molecule has 0 amide bonds. The van der Waals surface area contributed by atoms with Gasteiger partial charge in [-0.15, -0.1) is 0 Å². The van der Waals surface area contributed by atoms with E-state index in [1.807, 2.05) is 32.9 Å². The Balaban J connectivity index is 0.000000387. The molecule has 1 aromatic rings. The SMILES string of the molecule is CCCCCc1cc(O)c2c(c1)OC(C)(C)C1=C2CC(C)(O)C(O)C1.[3H][B]C(C)C#CC#CC. The van der Waals surface area contributed by atoms with Crippen LogP contribution in [0.25, 0.3) is 5.57 Å². The molecule has 0 spiro atoms. The van der Waals surface area contributed by atoms with Crippen molar-refractivity contribution in [1.29, 1.82) is 1.34 Å². The molecule has 3 N–H and O–H groups in total. The van der Waals surface area contributed by atoms with Crippen molar-refractivity contribution in [2.24, 2.45) is 0 Å². The number of aliphatic hydroxyl groups is 2. The molecule has 3 atom stereocenters. The first kappa shape index (κ1) is 25.3. The second kappa shape index (κ2) is 11.2. The average molecular weight is 451 g/mol.